The van der Waals surface area contributed by atoms with Gasteiger partial charge in [0.25, 0.3) is 0 Å². The van der Waals surface area contributed by atoms with Crippen molar-refractivity contribution in [3.63, 3.8) is 0 Å². The first kappa shape index (κ1) is 17.2. The van der Waals surface area contributed by atoms with Gasteiger partial charge in [0.15, 0.2) is 0 Å². The first-order valence-electron chi connectivity index (χ1n) is 8.67. The van der Waals surface area contributed by atoms with Gasteiger partial charge < -0.3 is 14.8 Å². The molecule has 0 saturated carbocycles. The molecule has 25 heavy (non-hydrogen) atoms. The molecule has 0 aliphatic carbocycles. The normalized spacial score (nSPS) is 12.4. The van der Waals surface area contributed by atoms with Crippen LogP contribution in [0.5, 0.6) is 0 Å². The van der Waals surface area contributed by atoms with Crippen molar-refractivity contribution in [2.24, 2.45) is 0 Å². The molecule has 0 radical (unpaired) electrons. The van der Waals surface area contributed by atoms with Gasteiger partial charge in [0, 0.05) is 31.2 Å². The van der Waals surface area contributed by atoms with Crippen LogP contribution < -0.4 is 5.32 Å². The molecular weight excluding hydrogens is 310 g/mol. The Kier molecular flexibility index (Phi) is 5.51. The van der Waals surface area contributed by atoms with Crippen LogP contribution in [-0.4, -0.2) is 36.0 Å². The highest BCUT2D eigenvalue weighted by Gasteiger charge is 2.15. The van der Waals surface area contributed by atoms with E-state index < -0.39 is 0 Å². The standard InChI is InChI=1S/C21H25N3O/c1-23(2)20(17-8-4-3-5-9-17)16-22-21(25)13-15-24-14-12-18-10-6-7-11-19(18)24/h3-12,14,20H,13,15-16H2,1-2H3,(H,22,25)/t20-/m0/s1. The lowest BCUT2D eigenvalue weighted by Crippen LogP contribution is -2.34. The Morgan fingerprint density at radius 3 is 2.52 bits per heavy atom. The Hall–Kier alpha value is -2.59. The zero-order valence-corrected chi connectivity index (χ0v) is 14.9. The summed E-state index contributed by atoms with van der Waals surface area (Å²) < 4.78 is 2.13. The lowest BCUT2D eigenvalue weighted by atomic mass is 10.1. The molecule has 1 aromatic heterocycles. The van der Waals surface area contributed by atoms with E-state index in [-0.39, 0.29) is 11.9 Å². The summed E-state index contributed by atoms with van der Waals surface area (Å²) in [6.45, 7) is 1.31. The van der Waals surface area contributed by atoms with Crippen molar-refractivity contribution in [2.75, 3.05) is 20.6 Å². The van der Waals surface area contributed by atoms with Crippen LogP contribution in [-0.2, 0) is 11.3 Å². The number of hydrogen-bond acceptors (Lipinski definition) is 2. The molecule has 1 atom stereocenters. The maximum absolute atomic E-state index is 12.3. The van der Waals surface area contributed by atoms with E-state index in [9.17, 15) is 4.79 Å². The zero-order valence-electron chi connectivity index (χ0n) is 14.9. The number of nitrogens with one attached hydrogen (secondary N) is 1. The molecule has 0 unspecified atom stereocenters. The van der Waals surface area contributed by atoms with Crippen LogP contribution >= 0.6 is 0 Å². The van der Waals surface area contributed by atoms with E-state index in [1.807, 2.05) is 50.6 Å². The highest BCUT2D eigenvalue weighted by atomic mass is 16.1. The summed E-state index contributed by atoms with van der Waals surface area (Å²) in [5.74, 6) is 0.0839. The van der Waals surface area contributed by atoms with Gasteiger partial charge in [-0.05, 0) is 37.2 Å². The topological polar surface area (TPSA) is 37.3 Å². The lowest BCUT2D eigenvalue weighted by molar-refractivity contribution is -0.121. The fourth-order valence-corrected chi connectivity index (χ4v) is 3.13. The first-order chi connectivity index (χ1) is 12.1. The molecule has 3 rings (SSSR count). The van der Waals surface area contributed by atoms with Crippen LogP contribution in [0.25, 0.3) is 10.9 Å². The predicted molar refractivity (Wildman–Crippen MR) is 102 cm³/mol. The second kappa shape index (κ2) is 7.99. The van der Waals surface area contributed by atoms with Crippen LogP contribution in [0.2, 0.25) is 0 Å². The lowest BCUT2D eigenvalue weighted by Gasteiger charge is -2.25. The zero-order chi connectivity index (χ0) is 17.6. The number of benzene rings is 2. The number of aromatic nitrogens is 1. The van der Waals surface area contributed by atoms with Crippen molar-refractivity contribution >= 4 is 16.8 Å². The summed E-state index contributed by atoms with van der Waals surface area (Å²) in [7, 11) is 4.07. The summed E-state index contributed by atoms with van der Waals surface area (Å²) in [6.07, 6.45) is 2.53. The SMILES string of the molecule is CN(C)[C@@H](CNC(=O)CCn1ccc2ccccc21)c1ccccc1. The van der Waals surface area contributed by atoms with E-state index in [1.165, 1.54) is 16.5 Å². The number of fused-ring (bicyclic) bond motifs is 1. The van der Waals surface area contributed by atoms with E-state index >= 15 is 0 Å². The van der Waals surface area contributed by atoms with Crippen LogP contribution in [0.4, 0.5) is 0 Å². The van der Waals surface area contributed by atoms with Crippen LogP contribution in [0.3, 0.4) is 0 Å². The minimum absolute atomic E-state index is 0.0839. The molecule has 1 amide bonds. The quantitative estimate of drug-likeness (QED) is 0.718. The summed E-state index contributed by atoms with van der Waals surface area (Å²) in [5.41, 5.74) is 2.38. The molecule has 4 nitrogen and oxygen atoms in total. The number of carbonyl (C=O) groups excluding carboxylic acids is 1. The van der Waals surface area contributed by atoms with Gasteiger partial charge in [-0.3, -0.25) is 4.79 Å². The van der Waals surface area contributed by atoms with Crippen molar-refractivity contribution < 1.29 is 4.79 Å². The molecular formula is C21H25N3O. The number of hydrogen-bond donors (Lipinski definition) is 1. The summed E-state index contributed by atoms with van der Waals surface area (Å²) >= 11 is 0. The van der Waals surface area contributed by atoms with Gasteiger partial charge in [-0.2, -0.15) is 0 Å². The third-order valence-corrected chi connectivity index (χ3v) is 4.56. The van der Waals surface area contributed by atoms with Gasteiger partial charge in [-0.25, -0.2) is 0 Å². The minimum atomic E-state index is 0.0839. The van der Waals surface area contributed by atoms with Crippen LogP contribution in [0, 0.1) is 0 Å². The smallest absolute Gasteiger partial charge is 0.221 e. The second-order valence-corrected chi connectivity index (χ2v) is 6.51. The van der Waals surface area contributed by atoms with Gasteiger partial charge in [0.2, 0.25) is 5.91 Å². The molecule has 0 aliphatic heterocycles. The largest absolute Gasteiger partial charge is 0.354 e. The van der Waals surface area contributed by atoms with Crippen molar-refractivity contribution in [1.82, 2.24) is 14.8 Å². The van der Waals surface area contributed by atoms with E-state index in [0.29, 0.717) is 19.5 Å². The Labute approximate surface area is 149 Å². The minimum Gasteiger partial charge on any atom is -0.354 e. The fraction of sp³-hybridized carbons (Fsp3) is 0.286. The molecule has 0 spiro atoms. The average molecular weight is 335 g/mol. The van der Waals surface area contributed by atoms with Gasteiger partial charge in [0.1, 0.15) is 0 Å². The molecule has 0 aliphatic rings. The van der Waals surface area contributed by atoms with E-state index in [1.54, 1.807) is 0 Å². The fourth-order valence-electron chi connectivity index (χ4n) is 3.13. The van der Waals surface area contributed by atoms with Crippen molar-refractivity contribution in [1.29, 1.82) is 0 Å². The Balaban J connectivity index is 1.55. The van der Waals surface area contributed by atoms with Gasteiger partial charge in [0.05, 0.1) is 6.04 Å². The van der Waals surface area contributed by atoms with Crippen LogP contribution in [0.15, 0.2) is 66.9 Å². The second-order valence-electron chi connectivity index (χ2n) is 6.51. The average Bonchev–Trinajstić information content (AvgIpc) is 3.04. The maximum Gasteiger partial charge on any atom is 0.221 e. The molecule has 0 bridgehead atoms. The summed E-state index contributed by atoms with van der Waals surface area (Å²) in [5, 5.41) is 4.29. The van der Waals surface area contributed by atoms with Gasteiger partial charge in [-0.1, -0.05) is 48.5 Å². The molecule has 1 heterocycles. The highest BCUT2D eigenvalue weighted by molar-refractivity contribution is 5.80. The molecule has 2 aromatic carbocycles. The third-order valence-electron chi connectivity index (χ3n) is 4.56. The first-order valence-corrected chi connectivity index (χ1v) is 8.67. The maximum atomic E-state index is 12.3. The van der Waals surface area contributed by atoms with Crippen molar-refractivity contribution in [2.45, 2.75) is 19.0 Å². The van der Waals surface area contributed by atoms with Crippen molar-refractivity contribution in [3.8, 4) is 0 Å². The number of carbonyl (C=O) groups is 1. The number of aryl methyl sites for hydroxylation is 1. The van der Waals surface area contributed by atoms with Crippen molar-refractivity contribution in [3.05, 3.63) is 72.4 Å². The molecule has 0 saturated heterocycles. The van der Waals surface area contributed by atoms with E-state index in [0.717, 1.165) is 0 Å². The van der Waals surface area contributed by atoms with Gasteiger partial charge >= 0.3 is 0 Å². The Bertz CT molecular complexity index is 823. The number of amides is 1. The summed E-state index contributed by atoms with van der Waals surface area (Å²) in [4.78, 5) is 14.4. The number of rotatable bonds is 7. The van der Waals surface area contributed by atoms with E-state index in [4.69, 9.17) is 0 Å². The molecule has 0 fully saturated rings. The number of para-hydroxylation sites is 1. The number of nitrogens with zero attached hydrogens (tertiary/aromatic N) is 2. The molecule has 4 heteroatoms. The highest BCUT2D eigenvalue weighted by Crippen LogP contribution is 2.17. The molecule has 1 N–H and O–H groups in total. The number of likely N-dealkylation sites (N-methyl/N-ethyl adjacent to an activating group) is 1. The molecule has 130 valence electrons. The summed E-state index contributed by atoms with van der Waals surface area (Å²) in [6, 6.07) is 20.8. The third kappa shape index (κ3) is 4.28. The monoisotopic (exact) mass is 335 g/mol. The molecule has 3 aromatic rings. The predicted octanol–water partition coefficient (Wildman–Crippen LogP) is 3.45. The van der Waals surface area contributed by atoms with E-state index in [2.05, 4.69) is 45.1 Å². The van der Waals surface area contributed by atoms with Gasteiger partial charge in [-0.15, -0.1) is 0 Å². The Morgan fingerprint density at radius 1 is 1.04 bits per heavy atom. The Morgan fingerprint density at radius 2 is 1.76 bits per heavy atom. The van der Waals surface area contributed by atoms with Crippen LogP contribution in [0.1, 0.15) is 18.0 Å².